The number of hydrogen-bond donors (Lipinski definition) is 1. The molecule has 0 aromatic heterocycles. The maximum Gasteiger partial charge on any atom is 0.160 e. The molecule has 4 heteroatoms. The van der Waals surface area contributed by atoms with E-state index in [-0.39, 0.29) is 0 Å². The third kappa shape index (κ3) is 48.9. The molecule has 1 unspecified atom stereocenters. The molecule has 0 N–H and O–H groups in total. The maximum atomic E-state index is 11.5. The van der Waals surface area contributed by atoms with Crippen molar-refractivity contribution in [2.75, 3.05) is 6.66 Å². The van der Waals surface area contributed by atoms with Gasteiger partial charge in [0.25, 0.3) is 0 Å². The number of rotatable bonds is 0. The zero-order chi connectivity index (χ0) is 4.50. The fourth-order valence-electron chi connectivity index (χ4n) is 0. The van der Waals surface area contributed by atoms with Gasteiger partial charge in [-0.3, -0.25) is 0 Å². The first-order valence-electron chi connectivity index (χ1n) is 0.999. The molecule has 0 heterocycles. The third-order valence-electron chi connectivity index (χ3n) is 0. The highest BCUT2D eigenvalue weighted by Crippen LogP contribution is 2.47. The van der Waals surface area contributed by atoms with Crippen LogP contribution in [0.5, 0.6) is 0 Å². The molecule has 5 heavy (non-hydrogen) atoms. The maximum absolute atomic E-state index is 11.5. The second-order valence-corrected chi connectivity index (χ2v) is 7.46. The van der Waals surface area contributed by atoms with Crippen molar-refractivity contribution in [3.63, 3.8) is 0 Å². The molecule has 0 radical (unpaired) electrons. The molecule has 1 atom stereocenters. The minimum atomic E-state index is -2.61. The Morgan fingerprint density at radius 3 is 2.00 bits per heavy atom. The lowest BCUT2D eigenvalue weighted by atomic mass is 12.0. The first-order valence-corrected chi connectivity index (χ1v) is 5.29. The van der Waals surface area contributed by atoms with Gasteiger partial charge in [-0.05, 0) is 0 Å². The number of halogens is 1. The van der Waals surface area contributed by atoms with E-state index in [1.165, 1.54) is 6.66 Å². The van der Waals surface area contributed by atoms with Crippen LogP contribution in [0.15, 0.2) is 0 Å². The number of hydrogen-bond acceptors (Lipinski definition) is 1. The summed E-state index contributed by atoms with van der Waals surface area (Å²) in [5.74, 6) is 0. The summed E-state index contributed by atoms with van der Waals surface area (Å²) in [7, 11) is 0. The molecule has 0 aliphatic rings. The van der Waals surface area contributed by atoms with Crippen LogP contribution in [0.4, 0.5) is 4.20 Å². The van der Waals surface area contributed by atoms with Gasteiger partial charge in [-0.2, -0.15) is 0 Å². The Morgan fingerprint density at radius 2 is 2.00 bits per heavy atom. The molecule has 0 saturated carbocycles. The van der Waals surface area contributed by atoms with Gasteiger partial charge in [-0.1, -0.05) is 11.8 Å². The first-order chi connectivity index (χ1) is 2.00. The van der Waals surface area contributed by atoms with Crippen molar-refractivity contribution in [2.45, 2.75) is 0 Å². The van der Waals surface area contributed by atoms with E-state index in [2.05, 4.69) is 24.1 Å². The molecule has 0 bridgehead atoms. The second-order valence-electron chi connectivity index (χ2n) is 0.778. The summed E-state index contributed by atoms with van der Waals surface area (Å²) < 4.78 is 11.5. The summed E-state index contributed by atoms with van der Waals surface area (Å²) in [6.07, 6.45) is 0. The molecular formula is CH4FPS2. The monoisotopic (exact) mass is 130 g/mol. The zero-order valence-electron chi connectivity index (χ0n) is 2.68. The van der Waals surface area contributed by atoms with E-state index < -0.39 is 5.55 Å². The summed E-state index contributed by atoms with van der Waals surface area (Å²) in [4.78, 5) is 0. The van der Waals surface area contributed by atoms with Crippen molar-refractivity contribution in [3.05, 3.63) is 0 Å². The fourth-order valence-corrected chi connectivity index (χ4v) is 0. The van der Waals surface area contributed by atoms with Crippen LogP contribution >= 0.6 is 17.8 Å². The molecule has 0 fully saturated rings. The largest absolute Gasteiger partial charge is 0.207 e. The molecule has 0 rings (SSSR count). The molecule has 0 aromatic rings. The Labute approximate surface area is 41.1 Å². The predicted molar refractivity (Wildman–Crippen MR) is 30.3 cm³/mol. The quantitative estimate of drug-likeness (QED) is 0.385. The van der Waals surface area contributed by atoms with Gasteiger partial charge in [0, 0.05) is 6.66 Å². The van der Waals surface area contributed by atoms with Gasteiger partial charge in [0.1, 0.15) is 0 Å². The highest BCUT2D eigenvalue weighted by molar-refractivity contribution is 8.61. The van der Waals surface area contributed by atoms with Gasteiger partial charge in [0.2, 0.25) is 0 Å². The van der Waals surface area contributed by atoms with Crippen molar-refractivity contribution in [1.82, 2.24) is 0 Å². The van der Waals surface area contributed by atoms with Crippen molar-refractivity contribution < 1.29 is 4.20 Å². The van der Waals surface area contributed by atoms with E-state index >= 15 is 0 Å². The normalized spacial score (nSPS) is 21.4. The van der Waals surface area contributed by atoms with Gasteiger partial charge in [-0.25, -0.2) is 4.20 Å². The van der Waals surface area contributed by atoms with Gasteiger partial charge < -0.3 is 0 Å². The van der Waals surface area contributed by atoms with Gasteiger partial charge in [-0.15, -0.1) is 12.2 Å². The third-order valence-corrected chi connectivity index (χ3v) is 0. The Hall–Kier alpha value is 0.930. The number of thiol groups is 1. The first kappa shape index (κ1) is 5.93. The summed E-state index contributed by atoms with van der Waals surface area (Å²) in [6.45, 7) is 1.31. The molecule has 0 amide bonds. The van der Waals surface area contributed by atoms with E-state index in [4.69, 9.17) is 0 Å². The highest BCUT2D eigenvalue weighted by Gasteiger charge is 1.91. The molecule has 0 aromatic carbocycles. The topological polar surface area (TPSA) is 0 Å². The van der Waals surface area contributed by atoms with Crippen LogP contribution < -0.4 is 0 Å². The summed E-state index contributed by atoms with van der Waals surface area (Å²) in [6, 6.07) is 0. The highest BCUT2D eigenvalue weighted by atomic mass is 32.9. The summed E-state index contributed by atoms with van der Waals surface area (Å²) in [5.41, 5.74) is -2.61. The second kappa shape index (κ2) is 1.59. The predicted octanol–water partition coefficient (Wildman–Crippen LogP) is 1.82. The van der Waals surface area contributed by atoms with Crippen LogP contribution in [0.3, 0.4) is 0 Å². The van der Waals surface area contributed by atoms with Crippen LogP contribution in [-0.2, 0) is 11.8 Å². The molecule has 0 nitrogen and oxygen atoms in total. The fraction of sp³-hybridized carbons (Fsp3) is 1.00. The average Bonchev–Trinajstić information content (AvgIpc) is 0.722. The van der Waals surface area contributed by atoms with Crippen molar-refractivity contribution >= 4 is 29.6 Å². The minimum absolute atomic E-state index is 1.31. The Kier molecular flexibility index (Phi) is 1.88. The van der Waals surface area contributed by atoms with Crippen LogP contribution in [0.2, 0.25) is 0 Å². The van der Waals surface area contributed by atoms with Crippen LogP contribution in [0, 0.1) is 0 Å². The summed E-state index contributed by atoms with van der Waals surface area (Å²) >= 11 is 7.52. The van der Waals surface area contributed by atoms with E-state index in [1.807, 2.05) is 0 Å². The lowest BCUT2D eigenvalue weighted by Gasteiger charge is -1.84. The van der Waals surface area contributed by atoms with Crippen molar-refractivity contribution in [1.29, 1.82) is 0 Å². The van der Waals surface area contributed by atoms with Gasteiger partial charge >= 0.3 is 0 Å². The lowest BCUT2D eigenvalue weighted by Crippen LogP contribution is -1.39. The van der Waals surface area contributed by atoms with E-state index in [0.717, 1.165) is 0 Å². The van der Waals surface area contributed by atoms with Crippen LogP contribution in [0.1, 0.15) is 0 Å². The Balaban J connectivity index is 3.47. The molecule has 32 valence electrons. The minimum Gasteiger partial charge on any atom is -0.207 e. The smallest absolute Gasteiger partial charge is 0.160 e. The SMILES string of the molecule is CP(F)(=S)S. The average molecular weight is 130 g/mol. The van der Waals surface area contributed by atoms with Crippen LogP contribution in [0.25, 0.3) is 0 Å². The van der Waals surface area contributed by atoms with E-state index in [9.17, 15) is 4.20 Å². The van der Waals surface area contributed by atoms with E-state index in [1.54, 1.807) is 0 Å². The molecular weight excluding hydrogens is 126 g/mol. The van der Waals surface area contributed by atoms with Crippen molar-refractivity contribution in [2.24, 2.45) is 0 Å². The van der Waals surface area contributed by atoms with Gasteiger partial charge in [0.15, 0.2) is 5.55 Å². The van der Waals surface area contributed by atoms with Crippen LogP contribution in [-0.4, -0.2) is 6.66 Å². The summed E-state index contributed by atoms with van der Waals surface area (Å²) in [5, 5.41) is 0. The Morgan fingerprint density at radius 1 is 2.00 bits per heavy atom. The zero-order valence-corrected chi connectivity index (χ0v) is 5.29. The lowest BCUT2D eigenvalue weighted by molar-refractivity contribution is 0.917. The standard InChI is InChI=1S/CH4FPS2/c1-3(2,4)5/h1H3,(H,4,5). The Bertz CT molecular complexity index is 55.8. The molecule has 0 aliphatic carbocycles. The molecule has 0 aliphatic heterocycles. The molecule has 0 saturated heterocycles. The van der Waals surface area contributed by atoms with Crippen molar-refractivity contribution in [3.8, 4) is 0 Å². The molecule has 0 spiro atoms. The van der Waals surface area contributed by atoms with Gasteiger partial charge in [0.05, 0.1) is 0 Å². The van der Waals surface area contributed by atoms with E-state index in [0.29, 0.717) is 0 Å².